The van der Waals surface area contributed by atoms with Gasteiger partial charge < -0.3 is 5.32 Å². The molecule has 1 aromatic heterocycles. The van der Waals surface area contributed by atoms with Crippen LogP contribution in [0.4, 0.5) is 5.13 Å². The second-order valence-electron chi connectivity index (χ2n) is 6.03. The average Bonchev–Trinajstić information content (AvgIpc) is 3.13. The van der Waals surface area contributed by atoms with Crippen molar-refractivity contribution in [2.45, 2.75) is 29.0 Å². The van der Waals surface area contributed by atoms with Gasteiger partial charge in [0.25, 0.3) is 0 Å². The van der Waals surface area contributed by atoms with Gasteiger partial charge >= 0.3 is 0 Å². The molecular weight excluding hydrogens is 432 g/mol. The Balaban J connectivity index is 1.83. The summed E-state index contributed by atoms with van der Waals surface area (Å²) in [6.45, 7) is 5.23. The molecule has 0 saturated carbocycles. The molecule has 1 N–H and O–H groups in total. The van der Waals surface area contributed by atoms with Crippen LogP contribution in [-0.4, -0.2) is 54.0 Å². The van der Waals surface area contributed by atoms with E-state index in [0.717, 1.165) is 4.34 Å². The van der Waals surface area contributed by atoms with Gasteiger partial charge in [0.15, 0.2) is 10.1 Å². The average molecular weight is 455 g/mol. The van der Waals surface area contributed by atoms with Crippen LogP contribution < -0.4 is 5.32 Å². The van der Waals surface area contributed by atoms with Crippen molar-refractivity contribution in [3.05, 3.63) is 42.5 Å². The fourth-order valence-electron chi connectivity index (χ4n) is 2.25. The third-order valence-electron chi connectivity index (χ3n) is 3.82. The maximum atomic E-state index is 12.6. The predicted molar refractivity (Wildman–Crippen MR) is 115 cm³/mol. The third-order valence-corrected chi connectivity index (χ3v) is 7.66. The summed E-state index contributed by atoms with van der Waals surface area (Å²) in [5, 5.41) is 10.9. The molecule has 1 amide bonds. The molecule has 2 aromatic rings. The summed E-state index contributed by atoms with van der Waals surface area (Å²) in [5.41, 5.74) is 0.450. The number of aromatic nitrogens is 2. The van der Waals surface area contributed by atoms with Crippen molar-refractivity contribution in [3.8, 4) is 0 Å². The molecule has 0 aliphatic carbocycles. The van der Waals surface area contributed by atoms with Gasteiger partial charge in [0.05, 0.1) is 4.90 Å². The van der Waals surface area contributed by atoms with Crippen molar-refractivity contribution >= 4 is 49.9 Å². The monoisotopic (exact) mass is 454 g/mol. The number of ketones is 1. The van der Waals surface area contributed by atoms with E-state index in [1.54, 1.807) is 6.08 Å². The Morgan fingerprint density at radius 3 is 2.59 bits per heavy atom. The number of nitrogens with zero attached hydrogens (tertiary/aromatic N) is 3. The number of hydrogen-bond donors (Lipinski definition) is 1. The SMILES string of the molecule is C=CCSc1nnc(NC(=O)CCCN(C)S(=O)(=O)c2ccc(C(C)=O)cc2)s1. The Morgan fingerprint density at radius 2 is 1.97 bits per heavy atom. The number of anilines is 1. The van der Waals surface area contributed by atoms with Gasteiger partial charge in [-0.1, -0.05) is 41.3 Å². The van der Waals surface area contributed by atoms with Gasteiger partial charge in [0.1, 0.15) is 0 Å². The zero-order valence-corrected chi connectivity index (χ0v) is 18.6. The van der Waals surface area contributed by atoms with Crippen molar-refractivity contribution in [1.29, 1.82) is 0 Å². The first kappa shape index (κ1) is 23.2. The van der Waals surface area contributed by atoms with Gasteiger partial charge in [-0.2, -0.15) is 0 Å². The van der Waals surface area contributed by atoms with E-state index in [9.17, 15) is 18.0 Å². The summed E-state index contributed by atoms with van der Waals surface area (Å²) in [7, 11) is -2.23. The number of Topliss-reactive ketones (excluding diaryl/α,β-unsaturated/α-hetero) is 1. The summed E-state index contributed by atoms with van der Waals surface area (Å²) >= 11 is 2.75. The van der Waals surface area contributed by atoms with Crippen LogP contribution in [0, 0.1) is 0 Å². The highest BCUT2D eigenvalue weighted by Gasteiger charge is 2.21. The van der Waals surface area contributed by atoms with Crippen LogP contribution >= 0.6 is 23.1 Å². The summed E-state index contributed by atoms with van der Waals surface area (Å²) in [6.07, 6.45) is 2.26. The van der Waals surface area contributed by atoms with Gasteiger partial charge in [-0.25, -0.2) is 12.7 Å². The lowest BCUT2D eigenvalue weighted by molar-refractivity contribution is -0.116. The minimum absolute atomic E-state index is 0.105. The van der Waals surface area contributed by atoms with Gasteiger partial charge in [0.2, 0.25) is 21.1 Å². The normalized spacial score (nSPS) is 11.4. The molecule has 1 aromatic carbocycles. The maximum Gasteiger partial charge on any atom is 0.242 e. The van der Waals surface area contributed by atoms with E-state index in [1.807, 2.05) is 0 Å². The van der Waals surface area contributed by atoms with Gasteiger partial charge in [-0.3, -0.25) is 9.59 Å². The number of amides is 1. The molecular formula is C18H22N4O4S3. The maximum absolute atomic E-state index is 12.6. The molecule has 1 heterocycles. The highest BCUT2D eigenvalue weighted by atomic mass is 32.2. The van der Waals surface area contributed by atoms with Crippen molar-refractivity contribution in [2.24, 2.45) is 0 Å². The predicted octanol–water partition coefficient (Wildman–Crippen LogP) is 3.06. The minimum atomic E-state index is -3.68. The van der Waals surface area contributed by atoms with Crippen LogP contribution in [0.3, 0.4) is 0 Å². The molecule has 156 valence electrons. The van der Waals surface area contributed by atoms with E-state index >= 15 is 0 Å². The molecule has 0 aliphatic rings. The minimum Gasteiger partial charge on any atom is -0.301 e. The standard InChI is InChI=1S/C18H22N4O4S3/c1-4-12-27-18-21-20-17(28-18)19-16(24)6-5-11-22(3)29(25,26)15-9-7-14(8-10-15)13(2)23/h4,7-10H,1,5-6,11-12H2,2-3H3,(H,19,20,24). The summed E-state index contributed by atoms with van der Waals surface area (Å²) in [4.78, 5) is 23.5. The van der Waals surface area contributed by atoms with Crippen LogP contribution in [0.5, 0.6) is 0 Å². The summed E-state index contributed by atoms with van der Waals surface area (Å²) in [5.74, 6) is 0.328. The number of nitrogens with one attached hydrogen (secondary N) is 1. The molecule has 0 radical (unpaired) electrons. The molecule has 0 spiro atoms. The third kappa shape index (κ3) is 6.74. The number of rotatable bonds is 11. The number of hydrogen-bond acceptors (Lipinski definition) is 8. The van der Waals surface area contributed by atoms with Crippen molar-refractivity contribution in [2.75, 3.05) is 24.7 Å². The van der Waals surface area contributed by atoms with E-state index in [1.165, 1.54) is 65.6 Å². The van der Waals surface area contributed by atoms with Crippen molar-refractivity contribution in [1.82, 2.24) is 14.5 Å². The topological polar surface area (TPSA) is 109 Å². The highest BCUT2D eigenvalue weighted by molar-refractivity contribution is 8.01. The number of carbonyl (C=O) groups is 2. The summed E-state index contributed by atoms with van der Waals surface area (Å²) in [6, 6.07) is 5.79. The number of benzene rings is 1. The van der Waals surface area contributed by atoms with Gasteiger partial charge in [0, 0.05) is 31.3 Å². The Kier molecular flexibility index (Phi) is 8.50. The van der Waals surface area contributed by atoms with Crippen molar-refractivity contribution in [3.63, 3.8) is 0 Å². The molecule has 0 bridgehead atoms. The Morgan fingerprint density at radius 1 is 1.28 bits per heavy atom. The second kappa shape index (κ2) is 10.6. The molecule has 0 aliphatic heterocycles. The lowest BCUT2D eigenvalue weighted by Gasteiger charge is -2.17. The smallest absolute Gasteiger partial charge is 0.242 e. The quantitative estimate of drug-likeness (QED) is 0.240. The fourth-order valence-corrected chi connectivity index (χ4v) is 4.99. The first-order chi connectivity index (χ1) is 13.7. The number of carbonyl (C=O) groups excluding carboxylic acids is 2. The fraction of sp³-hybridized carbons (Fsp3) is 0.333. The van der Waals surface area contributed by atoms with Gasteiger partial charge in [-0.15, -0.1) is 16.8 Å². The Hall–Kier alpha value is -2.08. The number of thioether (sulfide) groups is 1. The highest BCUT2D eigenvalue weighted by Crippen LogP contribution is 2.25. The first-order valence-electron chi connectivity index (χ1n) is 8.68. The Bertz CT molecular complexity index is 971. The summed E-state index contributed by atoms with van der Waals surface area (Å²) < 4.78 is 27.1. The van der Waals surface area contributed by atoms with Crippen LogP contribution in [0.25, 0.3) is 0 Å². The van der Waals surface area contributed by atoms with E-state index in [4.69, 9.17) is 0 Å². The first-order valence-corrected chi connectivity index (χ1v) is 11.9. The lowest BCUT2D eigenvalue weighted by atomic mass is 10.2. The van der Waals surface area contributed by atoms with Crippen molar-refractivity contribution < 1.29 is 18.0 Å². The van der Waals surface area contributed by atoms with E-state index in [2.05, 4.69) is 22.1 Å². The second-order valence-corrected chi connectivity index (χ2v) is 10.3. The van der Waals surface area contributed by atoms with Gasteiger partial charge in [-0.05, 0) is 25.5 Å². The van der Waals surface area contributed by atoms with E-state index < -0.39 is 10.0 Å². The molecule has 29 heavy (non-hydrogen) atoms. The molecule has 8 nitrogen and oxygen atoms in total. The number of sulfonamides is 1. The van der Waals surface area contributed by atoms with Crippen LogP contribution in [0.1, 0.15) is 30.1 Å². The Labute approximate surface area is 178 Å². The molecule has 11 heteroatoms. The lowest BCUT2D eigenvalue weighted by Crippen LogP contribution is -2.28. The van der Waals surface area contributed by atoms with Crippen LogP contribution in [-0.2, 0) is 14.8 Å². The molecule has 0 saturated heterocycles. The van der Waals surface area contributed by atoms with Crippen LogP contribution in [0.2, 0.25) is 0 Å². The zero-order valence-electron chi connectivity index (χ0n) is 16.1. The molecule has 2 rings (SSSR count). The molecule has 0 atom stereocenters. The largest absolute Gasteiger partial charge is 0.301 e. The zero-order chi connectivity index (χ0) is 21.4. The molecule has 0 fully saturated rings. The van der Waals surface area contributed by atoms with E-state index in [-0.39, 0.29) is 29.6 Å². The molecule has 0 unspecified atom stereocenters. The van der Waals surface area contributed by atoms with Crippen LogP contribution in [0.15, 0.2) is 46.2 Å². The van der Waals surface area contributed by atoms with E-state index in [0.29, 0.717) is 22.9 Å².